The van der Waals surface area contributed by atoms with E-state index in [1.165, 1.54) is 12.3 Å². The van der Waals surface area contributed by atoms with Crippen molar-refractivity contribution in [3.63, 3.8) is 0 Å². The first-order valence-electron chi connectivity index (χ1n) is 8.66. The number of aliphatic hydroxyl groups is 1. The highest BCUT2D eigenvalue weighted by molar-refractivity contribution is 5.30. The molecular weight excluding hydrogens is 319 g/mol. The molecule has 1 aromatic carbocycles. The van der Waals surface area contributed by atoms with Gasteiger partial charge in [-0.2, -0.15) is 0 Å². The lowest BCUT2D eigenvalue weighted by molar-refractivity contribution is 0.164. The Bertz CT molecular complexity index is 659. The van der Waals surface area contributed by atoms with Gasteiger partial charge in [0.1, 0.15) is 11.6 Å². The van der Waals surface area contributed by atoms with Gasteiger partial charge in [0, 0.05) is 6.54 Å². The molecule has 136 valence electrons. The normalized spacial score (nSPS) is 13.9. The Labute approximate surface area is 149 Å². The number of hydrogen-bond acceptors (Lipinski definition) is 4. The van der Waals surface area contributed by atoms with E-state index in [1.807, 2.05) is 38.1 Å². The molecule has 0 aliphatic carbocycles. The van der Waals surface area contributed by atoms with E-state index in [1.54, 1.807) is 6.07 Å². The molecule has 0 saturated carbocycles. The van der Waals surface area contributed by atoms with Gasteiger partial charge in [0.2, 0.25) is 0 Å². The molecule has 1 aromatic heterocycles. The quantitative estimate of drug-likeness (QED) is 0.758. The number of hydrogen-bond donors (Lipinski definition) is 2. The van der Waals surface area contributed by atoms with Gasteiger partial charge in [-0.05, 0) is 49.6 Å². The predicted molar refractivity (Wildman–Crippen MR) is 96.9 cm³/mol. The first-order valence-corrected chi connectivity index (χ1v) is 8.66. The Balaban J connectivity index is 2.03. The molecule has 0 spiro atoms. The minimum Gasteiger partial charge on any atom is -0.491 e. The third kappa shape index (κ3) is 5.80. The molecule has 0 saturated heterocycles. The SMILES string of the molecule is CC(C)Oc1cccc(C(O)CNC(c2ccc(F)cn2)C(C)C)c1. The van der Waals surface area contributed by atoms with Crippen LogP contribution in [0.25, 0.3) is 0 Å². The second kappa shape index (κ2) is 8.92. The fourth-order valence-electron chi connectivity index (χ4n) is 2.68. The van der Waals surface area contributed by atoms with Crippen molar-refractivity contribution in [1.29, 1.82) is 0 Å². The topological polar surface area (TPSA) is 54.4 Å². The third-order valence-electron chi connectivity index (χ3n) is 3.88. The number of ether oxygens (including phenoxy) is 1. The van der Waals surface area contributed by atoms with E-state index >= 15 is 0 Å². The van der Waals surface area contributed by atoms with E-state index in [-0.39, 0.29) is 23.9 Å². The number of pyridine rings is 1. The van der Waals surface area contributed by atoms with Gasteiger partial charge in [0.25, 0.3) is 0 Å². The highest BCUT2D eigenvalue weighted by Crippen LogP contribution is 2.23. The van der Waals surface area contributed by atoms with E-state index < -0.39 is 6.10 Å². The maximum absolute atomic E-state index is 13.1. The van der Waals surface area contributed by atoms with Crippen LogP contribution in [0.2, 0.25) is 0 Å². The average molecular weight is 346 g/mol. The molecule has 0 amide bonds. The molecule has 2 atom stereocenters. The largest absolute Gasteiger partial charge is 0.491 e. The lowest BCUT2D eigenvalue weighted by Gasteiger charge is -2.24. The summed E-state index contributed by atoms with van der Waals surface area (Å²) in [5, 5.41) is 13.8. The van der Waals surface area contributed by atoms with Crippen molar-refractivity contribution in [2.75, 3.05) is 6.54 Å². The van der Waals surface area contributed by atoms with Crippen LogP contribution in [0.3, 0.4) is 0 Å². The summed E-state index contributed by atoms with van der Waals surface area (Å²) in [5.74, 6) is 0.640. The van der Waals surface area contributed by atoms with Gasteiger partial charge in [-0.15, -0.1) is 0 Å². The summed E-state index contributed by atoms with van der Waals surface area (Å²) >= 11 is 0. The van der Waals surface area contributed by atoms with Crippen LogP contribution in [0.1, 0.15) is 51.1 Å². The molecule has 25 heavy (non-hydrogen) atoms. The molecule has 2 N–H and O–H groups in total. The zero-order valence-electron chi connectivity index (χ0n) is 15.2. The van der Waals surface area contributed by atoms with Crippen molar-refractivity contribution in [3.05, 3.63) is 59.7 Å². The summed E-state index contributed by atoms with van der Waals surface area (Å²) < 4.78 is 18.8. The maximum atomic E-state index is 13.1. The van der Waals surface area contributed by atoms with Crippen LogP contribution in [0, 0.1) is 11.7 Å². The van der Waals surface area contributed by atoms with Crippen molar-refractivity contribution < 1.29 is 14.2 Å². The number of nitrogens with one attached hydrogen (secondary N) is 1. The van der Waals surface area contributed by atoms with E-state index in [9.17, 15) is 9.50 Å². The maximum Gasteiger partial charge on any atom is 0.141 e. The Hall–Kier alpha value is -1.98. The number of nitrogens with zero attached hydrogens (tertiary/aromatic N) is 1. The van der Waals surface area contributed by atoms with Crippen molar-refractivity contribution >= 4 is 0 Å². The Morgan fingerprint density at radius 2 is 1.92 bits per heavy atom. The van der Waals surface area contributed by atoms with Crippen molar-refractivity contribution in [2.24, 2.45) is 5.92 Å². The molecule has 0 fully saturated rings. The first-order chi connectivity index (χ1) is 11.9. The molecule has 1 heterocycles. The van der Waals surface area contributed by atoms with E-state index in [0.717, 1.165) is 17.0 Å². The van der Waals surface area contributed by atoms with Crippen LogP contribution >= 0.6 is 0 Å². The molecule has 0 radical (unpaired) electrons. The highest BCUT2D eigenvalue weighted by Gasteiger charge is 2.19. The Morgan fingerprint density at radius 1 is 1.16 bits per heavy atom. The molecule has 0 aliphatic heterocycles. The number of rotatable bonds is 8. The summed E-state index contributed by atoms with van der Waals surface area (Å²) in [7, 11) is 0. The summed E-state index contributed by atoms with van der Waals surface area (Å²) in [6.07, 6.45) is 0.632. The smallest absolute Gasteiger partial charge is 0.141 e. The van der Waals surface area contributed by atoms with Crippen LogP contribution in [-0.4, -0.2) is 22.7 Å². The number of aromatic nitrogens is 1. The summed E-state index contributed by atoms with van der Waals surface area (Å²) in [6.45, 7) is 8.42. The molecule has 4 nitrogen and oxygen atoms in total. The van der Waals surface area contributed by atoms with Crippen molar-refractivity contribution in [1.82, 2.24) is 10.3 Å². The van der Waals surface area contributed by atoms with Gasteiger partial charge >= 0.3 is 0 Å². The predicted octanol–water partition coefficient (Wildman–Crippen LogP) is 4.03. The molecular formula is C20H27FN2O2. The fraction of sp³-hybridized carbons (Fsp3) is 0.450. The summed E-state index contributed by atoms with van der Waals surface area (Å²) in [5.41, 5.74) is 1.56. The number of halogens is 1. The van der Waals surface area contributed by atoms with Crippen LogP contribution in [-0.2, 0) is 0 Å². The van der Waals surface area contributed by atoms with Crippen molar-refractivity contribution in [3.8, 4) is 5.75 Å². The molecule has 5 heteroatoms. The van der Waals surface area contributed by atoms with E-state index in [2.05, 4.69) is 24.1 Å². The summed E-state index contributed by atoms with van der Waals surface area (Å²) in [6, 6.07) is 10.5. The van der Waals surface area contributed by atoms with E-state index in [4.69, 9.17) is 4.74 Å². The first kappa shape index (κ1) is 19.3. The molecule has 0 aliphatic rings. The van der Waals surface area contributed by atoms with Crippen LogP contribution < -0.4 is 10.1 Å². The fourth-order valence-corrected chi connectivity index (χ4v) is 2.68. The lowest BCUT2D eigenvalue weighted by Crippen LogP contribution is -2.30. The van der Waals surface area contributed by atoms with Crippen molar-refractivity contribution in [2.45, 2.75) is 45.9 Å². The standard InChI is InChI=1S/C20H27FN2O2/c1-13(2)20(18-9-8-16(21)11-22-18)23-12-19(24)15-6-5-7-17(10-15)25-14(3)4/h5-11,13-14,19-20,23-24H,12H2,1-4H3. The number of aliphatic hydroxyl groups excluding tert-OH is 1. The minimum atomic E-state index is -0.669. The zero-order chi connectivity index (χ0) is 18.4. The Kier molecular flexibility index (Phi) is 6.91. The molecule has 2 unspecified atom stereocenters. The number of benzene rings is 1. The Morgan fingerprint density at radius 3 is 2.52 bits per heavy atom. The monoisotopic (exact) mass is 346 g/mol. The van der Waals surface area contributed by atoms with Gasteiger partial charge in [-0.3, -0.25) is 4.98 Å². The van der Waals surface area contributed by atoms with Gasteiger partial charge in [0.05, 0.1) is 30.1 Å². The van der Waals surface area contributed by atoms with E-state index in [0.29, 0.717) is 6.54 Å². The molecule has 2 aromatic rings. The highest BCUT2D eigenvalue weighted by atomic mass is 19.1. The van der Waals surface area contributed by atoms with Gasteiger partial charge in [0.15, 0.2) is 0 Å². The molecule has 0 bridgehead atoms. The van der Waals surface area contributed by atoms with Crippen LogP contribution in [0.5, 0.6) is 5.75 Å². The summed E-state index contributed by atoms with van der Waals surface area (Å²) in [4.78, 5) is 4.16. The lowest BCUT2D eigenvalue weighted by atomic mass is 9.99. The minimum absolute atomic E-state index is 0.0645. The van der Waals surface area contributed by atoms with Crippen LogP contribution in [0.15, 0.2) is 42.6 Å². The van der Waals surface area contributed by atoms with Gasteiger partial charge < -0.3 is 15.2 Å². The zero-order valence-corrected chi connectivity index (χ0v) is 15.2. The second-order valence-electron chi connectivity index (χ2n) is 6.79. The van der Waals surface area contributed by atoms with Crippen LogP contribution in [0.4, 0.5) is 4.39 Å². The second-order valence-corrected chi connectivity index (χ2v) is 6.79. The third-order valence-corrected chi connectivity index (χ3v) is 3.88. The van der Waals surface area contributed by atoms with Gasteiger partial charge in [-0.1, -0.05) is 26.0 Å². The molecule has 2 rings (SSSR count). The van der Waals surface area contributed by atoms with Gasteiger partial charge in [-0.25, -0.2) is 4.39 Å². The average Bonchev–Trinajstić information content (AvgIpc) is 2.56.